The van der Waals surface area contributed by atoms with Crippen LogP contribution in [0.15, 0.2) is 0 Å². The van der Waals surface area contributed by atoms with E-state index in [9.17, 15) is 0 Å². The SMILES string of the molecule is CN(C)CCOCCOCCOCCOCCOCCOCCOCCOCCOCCOCCOCCOCCOC1CCCCO1. The lowest BCUT2D eigenvalue weighted by atomic mass is 10.2. The van der Waals surface area contributed by atoms with E-state index in [1.165, 1.54) is 6.42 Å². The molecule has 0 N–H and O–H groups in total. The number of hydrogen-bond acceptors (Lipinski definition) is 15. The van der Waals surface area contributed by atoms with Crippen LogP contribution in [-0.2, 0) is 66.3 Å². The second kappa shape index (κ2) is 39.2. The summed E-state index contributed by atoms with van der Waals surface area (Å²) in [7, 11) is 4.04. The molecule has 0 aliphatic carbocycles. The second-order valence-electron chi connectivity index (χ2n) is 10.8. The van der Waals surface area contributed by atoms with E-state index >= 15 is 0 Å². The third kappa shape index (κ3) is 36.7. The summed E-state index contributed by atoms with van der Waals surface area (Å²) >= 11 is 0. The van der Waals surface area contributed by atoms with Crippen LogP contribution in [0.1, 0.15) is 19.3 Å². The fraction of sp³-hybridized carbons (Fsp3) is 1.00. The summed E-state index contributed by atoms with van der Waals surface area (Å²) in [4.78, 5) is 2.08. The fourth-order valence-corrected chi connectivity index (χ4v) is 3.85. The van der Waals surface area contributed by atoms with E-state index in [1.54, 1.807) is 0 Å². The molecule has 0 radical (unpaired) electrons. The highest BCUT2D eigenvalue weighted by Crippen LogP contribution is 2.13. The lowest BCUT2D eigenvalue weighted by Crippen LogP contribution is -2.24. The van der Waals surface area contributed by atoms with Gasteiger partial charge >= 0.3 is 0 Å². The minimum Gasteiger partial charge on any atom is -0.378 e. The van der Waals surface area contributed by atoms with Gasteiger partial charge in [0, 0.05) is 13.2 Å². The van der Waals surface area contributed by atoms with Gasteiger partial charge in [0.25, 0.3) is 0 Å². The van der Waals surface area contributed by atoms with Crippen molar-refractivity contribution in [1.82, 2.24) is 4.90 Å². The number of nitrogens with zero attached hydrogens (tertiary/aromatic N) is 1. The number of hydrogen-bond donors (Lipinski definition) is 0. The number of rotatable bonds is 40. The Morgan fingerprint density at radius 2 is 0.646 bits per heavy atom. The average Bonchev–Trinajstić information content (AvgIpc) is 3.09. The maximum atomic E-state index is 5.61. The third-order valence-corrected chi connectivity index (χ3v) is 6.44. The Labute approximate surface area is 289 Å². The van der Waals surface area contributed by atoms with Crippen molar-refractivity contribution in [1.29, 1.82) is 0 Å². The van der Waals surface area contributed by atoms with Gasteiger partial charge in [-0.05, 0) is 33.4 Å². The fourth-order valence-electron chi connectivity index (χ4n) is 3.85. The number of likely N-dealkylation sites (N-methyl/N-ethyl adjacent to an activating group) is 1. The van der Waals surface area contributed by atoms with Crippen LogP contribution >= 0.6 is 0 Å². The van der Waals surface area contributed by atoms with Crippen LogP contribution in [-0.4, -0.2) is 204 Å². The Morgan fingerprint density at radius 3 is 0.896 bits per heavy atom. The zero-order valence-electron chi connectivity index (χ0n) is 30.0. The second-order valence-corrected chi connectivity index (χ2v) is 10.8. The first-order valence-corrected chi connectivity index (χ1v) is 17.6. The van der Waals surface area contributed by atoms with Gasteiger partial charge in [-0.2, -0.15) is 0 Å². The lowest BCUT2D eigenvalue weighted by Gasteiger charge is -2.22. The Morgan fingerprint density at radius 1 is 0.375 bits per heavy atom. The lowest BCUT2D eigenvalue weighted by molar-refractivity contribution is -0.169. The monoisotopic (exact) mass is 701 g/mol. The van der Waals surface area contributed by atoms with Gasteiger partial charge in [0.1, 0.15) is 0 Å². The van der Waals surface area contributed by atoms with Gasteiger partial charge < -0.3 is 71.2 Å². The summed E-state index contributed by atoms with van der Waals surface area (Å²) in [6.45, 7) is 15.1. The quantitative estimate of drug-likeness (QED) is 0.0850. The highest BCUT2D eigenvalue weighted by molar-refractivity contribution is 4.53. The van der Waals surface area contributed by atoms with Crippen LogP contribution in [0.4, 0.5) is 0 Å². The van der Waals surface area contributed by atoms with Gasteiger partial charge in [-0.1, -0.05) is 0 Å². The van der Waals surface area contributed by atoms with Crippen LogP contribution < -0.4 is 0 Å². The summed E-state index contributed by atoms with van der Waals surface area (Å²) in [5.41, 5.74) is 0. The topological polar surface area (TPSA) is 132 Å². The molecule has 1 fully saturated rings. The van der Waals surface area contributed by atoms with Gasteiger partial charge in [-0.3, -0.25) is 0 Å². The predicted octanol–water partition coefficient (Wildman–Crippen LogP) is 1.29. The Bertz CT molecular complexity index is 605. The van der Waals surface area contributed by atoms with Gasteiger partial charge in [0.15, 0.2) is 6.29 Å². The number of ether oxygens (including phenoxy) is 14. The predicted molar refractivity (Wildman–Crippen MR) is 178 cm³/mol. The van der Waals surface area contributed by atoms with Gasteiger partial charge in [-0.15, -0.1) is 0 Å². The van der Waals surface area contributed by atoms with E-state index < -0.39 is 0 Å². The molecule has 1 aliphatic heterocycles. The first-order chi connectivity index (χ1) is 23.8. The molecule has 1 atom stereocenters. The molecule has 1 rings (SSSR count). The maximum Gasteiger partial charge on any atom is 0.157 e. The van der Waals surface area contributed by atoms with Crippen molar-refractivity contribution in [2.45, 2.75) is 25.6 Å². The van der Waals surface area contributed by atoms with E-state index in [2.05, 4.69) is 4.90 Å². The summed E-state index contributed by atoms with van der Waals surface area (Å²) in [6, 6.07) is 0. The van der Waals surface area contributed by atoms with Crippen molar-refractivity contribution in [2.75, 3.05) is 192 Å². The van der Waals surface area contributed by atoms with Gasteiger partial charge in [0.2, 0.25) is 0 Å². The third-order valence-electron chi connectivity index (χ3n) is 6.44. The molecule has 15 heteroatoms. The molecule has 1 heterocycles. The molecular weight excluding hydrogens is 634 g/mol. The largest absolute Gasteiger partial charge is 0.378 e. The summed E-state index contributed by atoms with van der Waals surface area (Å²) < 4.78 is 76.9. The molecule has 0 aromatic rings. The summed E-state index contributed by atoms with van der Waals surface area (Å²) in [5, 5.41) is 0. The van der Waals surface area contributed by atoms with E-state index in [-0.39, 0.29) is 6.29 Å². The standard InChI is InChI=1S/C33H67NO14/c1-34(2)6-8-35-9-10-36-11-12-37-13-14-38-15-16-39-17-18-40-19-20-41-21-22-42-23-24-43-25-26-44-27-28-45-29-30-46-31-32-48-33-5-3-4-7-47-33/h33H,3-32H2,1-2H3. The molecule has 1 saturated heterocycles. The molecule has 1 unspecified atom stereocenters. The van der Waals surface area contributed by atoms with Crippen LogP contribution in [0.3, 0.4) is 0 Å². The van der Waals surface area contributed by atoms with Crippen molar-refractivity contribution in [3.8, 4) is 0 Å². The Hall–Kier alpha value is -0.600. The highest BCUT2D eigenvalue weighted by Gasteiger charge is 2.13. The van der Waals surface area contributed by atoms with E-state index in [0.29, 0.717) is 165 Å². The van der Waals surface area contributed by atoms with Crippen molar-refractivity contribution < 1.29 is 66.3 Å². The molecule has 0 amide bonds. The van der Waals surface area contributed by atoms with Crippen LogP contribution in [0, 0.1) is 0 Å². The van der Waals surface area contributed by atoms with Crippen LogP contribution in [0.5, 0.6) is 0 Å². The van der Waals surface area contributed by atoms with Crippen molar-refractivity contribution in [3.05, 3.63) is 0 Å². The van der Waals surface area contributed by atoms with Crippen molar-refractivity contribution >= 4 is 0 Å². The minimum absolute atomic E-state index is 0.0660. The zero-order chi connectivity index (χ0) is 34.3. The van der Waals surface area contributed by atoms with E-state index in [1.807, 2.05) is 14.1 Å². The Balaban J connectivity index is 1.60. The molecule has 15 nitrogen and oxygen atoms in total. The van der Waals surface area contributed by atoms with Crippen LogP contribution in [0.2, 0.25) is 0 Å². The summed E-state index contributed by atoms with van der Waals surface area (Å²) in [6.07, 6.45) is 3.19. The smallest absolute Gasteiger partial charge is 0.157 e. The van der Waals surface area contributed by atoms with E-state index in [0.717, 1.165) is 26.0 Å². The summed E-state index contributed by atoms with van der Waals surface area (Å²) in [5.74, 6) is 0. The first-order valence-electron chi connectivity index (χ1n) is 17.6. The highest BCUT2D eigenvalue weighted by atomic mass is 16.7. The van der Waals surface area contributed by atoms with Crippen molar-refractivity contribution in [3.63, 3.8) is 0 Å². The molecule has 48 heavy (non-hydrogen) atoms. The first kappa shape index (κ1) is 45.4. The van der Waals surface area contributed by atoms with Gasteiger partial charge in [-0.25, -0.2) is 0 Å². The molecule has 0 saturated carbocycles. The molecule has 0 aromatic heterocycles. The van der Waals surface area contributed by atoms with Gasteiger partial charge in [0.05, 0.1) is 165 Å². The molecule has 0 spiro atoms. The minimum atomic E-state index is -0.0660. The van der Waals surface area contributed by atoms with Crippen molar-refractivity contribution in [2.24, 2.45) is 0 Å². The maximum absolute atomic E-state index is 5.61. The van der Waals surface area contributed by atoms with E-state index in [4.69, 9.17) is 66.3 Å². The van der Waals surface area contributed by atoms with Crippen LogP contribution in [0.25, 0.3) is 0 Å². The average molecular weight is 702 g/mol. The molecule has 0 bridgehead atoms. The zero-order valence-corrected chi connectivity index (χ0v) is 30.0. The normalized spacial score (nSPS) is 15.2. The Kier molecular flexibility index (Phi) is 37.1. The molecule has 0 aromatic carbocycles. The molecular formula is C33H67NO14. The molecule has 1 aliphatic rings. The molecule has 288 valence electrons.